The summed E-state index contributed by atoms with van der Waals surface area (Å²) in [6.45, 7) is 5.79. The summed E-state index contributed by atoms with van der Waals surface area (Å²) in [6, 6.07) is 7.87. The average Bonchev–Trinajstić information content (AvgIpc) is 2.37. The van der Waals surface area contributed by atoms with Crippen molar-refractivity contribution >= 4 is 0 Å². The second-order valence-corrected chi connectivity index (χ2v) is 4.21. The van der Waals surface area contributed by atoms with E-state index in [0.29, 0.717) is 0 Å². The molecule has 1 N–H and O–H groups in total. The number of aliphatic hydroxyl groups is 1. The van der Waals surface area contributed by atoms with E-state index in [2.05, 4.69) is 6.92 Å². The van der Waals surface area contributed by atoms with Crippen LogP contribution in [-0.4, -0.2) is 5.11 Å². The standard InChI is InChI=1S/C12H16O2/c1-4-11(2)9-7-5-6-8-10(9)12(3,13)14-11/h5-8,13H,4H2,1-3H3. The van der Waals surface area contributed by atoms with Crippen molar-refractivity contribution in [1.29, 1.82) is 0 Å². The van der Waals surface area contributed by atoms with Crippen molar-refractivity contribution in [2.45, 2.75) is 38.6 Å². The third kappa shape index (κ3) is 1.18. The number of hydrogen-bond donors (Lipinski definition) is 1. The summed E-state index contributed by atoms with van der Waals surface area (Å²) in [4.78, 5) is 0. The molecular weight excluding hydrogens is 176 g/mol. The molecule has 2 nitrogen and oxygen atoms in total. The molecule has 14 heavy (non-hydrogen) atoms. The lowest BCUT2D eigenvalue weighted by Crippen LogP contribution is -2.27. The molecule has 0 aromatic heterocycles. The Morgan fingerprint density at radius 1 is 1.21 bits per heavy atom. The fourth-order valence-electron chi connectivity index (χ4n) is 2.16. The van der Waals surface area contributed by atoms with Crippen molar-refractivity contribution in [3.63, 3.8) is 0 Å². The van der Waals surface area contributed by atoms with Crippen molar-refractivity contribution in [2.24, 2.45) is 0 Å². The van der Waals surface area contributed by atoms with Crippen molar-refractivity contribution < 1.29 is 9.84 Å². The molecule has 2 heteroatoms. The monoisotopic (exact) mass is 192 g/mol. The molecule has 0 amide bonds. The summed E-state index contributed by atoms with van der Waals surface area (Å²) in [5, 5.41) is 10.1. The maximum Gasteiger partial charge on any atom is 0.190 e. The molecule has 76 valence electrons. The number of benzene rings is 1. The zero-order valence-corrected chi connectivity index (χ0v) is 8.87. The second kappa shape index (κ2) is 2.81. The van der Waals surface area contributed by atoms with Gasteiger partial charge >= 0.3 is 0 Å². The molecule has 2 unspecified atom stereocenters. The molecule has 1 aliphatic heterocycles. The highest BCUT2D eigenvalue weighted by Gasteiger charge is 2.46. The van der Waals surface area contributed by atoms with E-state index in [-0.39, 0.29) is 5.60 Å². The van der Waals surface area contributed by atoms with Crippen LogP contribution in [-0.2, 0) is 16.1 Å². The quantitative estimate of drug-likeness (QED) is 0.740. The minimum atomic E-state index is -1.14. The first-order chi connectivity index (χ1) is 6.49. The molecule has 1 aromatic rings. The Kier molecular flexibility index (Phi) is 1.95. The molecule has 1 aromatic carbocycles. The van der Waals surface area contributed by atoms with Crippen molar-refractivity contribution in [3.05, 3.63) is 35.4 Å². The van der Waals surface area contributed by atoms with E-state index in [0.717, 1.165) is 17.5 Å². The SMILES string of the molecule is CCC1(C)OC(C)(O)c2ccccc21. The Morgan fingerprint density at radius 2 is 1.79 bits per heavy atom. The van der Waals surface area contributed by atoms with Gasteiger partial charge in [0.2, 0.25) is 0 Å². The molecule has 0 saturated carbocycles. The van der Waals surface area contributed by atoms with Crippen molar-refractivity contribution in [1.82, 2.24) is 0 Å². The lowest BCUT2D eigenvalue weighted by atomic mass is 9.91. The number of hydrogen-bond acceptors (Lipinski definition) is 2. The van der Waals surface area contributed by atoms with Crippen molar-refractivity contribution in [2.75, 3.05) is 0 Å². The molecule has 0 bridgehead atoms. The molecule has 2 rings (SSSR count). The molecular formula is C12H16O2. The lowest BCUT2D eigenvalue weighted by Gasteiger charge is -2.26. The molecule has 1 aliphatic rings. The Balaban J connectivity index is 2.60. The fourth-order valence-corrected chi connectivity index (χ4v) is 2.16. The zero-order chi connectivity index (χ0) is 10.4. The van der Waals surface area contributed by atoms with Crippen molar-refractivity contribution in [3.8, 4) is 0 Å². The Bertz CT molecular complexity index is 357. The number of rotatable bonds is 1. The van der Waals surface area contributed by atoms with Gasteiger partial charge in [0.15, 0.2) is 5.79 Å². The molecule has 0 saturated heterocycles. The van der Waals surface area contributed by atoms with Gasteiger partial charge < -0.3 is 9.84 Å². The zero-order valence-electron chi connectivity index (χ0n) is 8.87. The highest BCUT2D eigenvalue weighted by Crippen LogP contribution is 2.46. The largest absolute Gasteiger partial charge is 0.362 e. The van der Waals surface area contributed by atoms with Crippen LogP contribution < -0.4 is 0 Å². The summed E-state index contributed by atoms with van der Waals surface area (Å²) in [5.74, 6) is -1.14. The first kappa shape index (κ1) is 9.69. The van der Waals surface area contributed by atoms with E-state index in [4.69, 9.17) is 4.74 Å². The van der Waals surface area contributed by atoms with Gasteiger partial charge in [-0.25, -0.2) is 0 Å². The summed E-state index contributed by atoms with van der Waals surface area (Å²) in [5.41, 5.74) is 1.65. The minimum Gasteiger partial charge on any atom is -0.362 e. The Morgan fingerprint density at radius 3 is 2.36 bits per heavy atom. The van der Waals surface area contributed by atoms with E-state index in [9.17, 15) is 5.11 Å². The van der Waals surface area contributed by atoms with Gasteiger partial charge in [-0.3, -0.25) is 0 Å². The van der Waals surface area contributed by atoms with E-state index < -0.39 is 5.79 Å². The topological polar surface area (TPSA) is 29.5 Å². The summed E-state index contributed by atoms with van der Waals surface area (Å²) in [6.07, 6.45) is 0.861. The minimum absolute atomic E-state index is 0.347. The first-order valence-corrected chi connectivity index (χ1v) is 5.02. The average molecular weight is 192 g/mol. The molecule has 1 heterocycles. The summed E-state index contributed by atoms with van der Waals surface area (Å²) < 4.78 is 5.71. The van der Waals surface area contributed by atoms with Gasteiger partial charge in [0.05, 0.1) is 5.60 Å². The maximum atomic E-state index is 10.1. The van der Waals surface area contributed by atoms with Gasteiger partial charge in [0, 0.05) is 5.56 Å². The molecule has 0 radical (unpaired) electrons. The summed E-state index contributed by atoms with van der Waals surface area (Å²) >= 11 is 0. The van der Waals surface area contributed by atoms with E-state index >= 15 is 0 Å². The van der Waals surface area contributed by atoms with Crippen LogP contribution in [0.4, 0.5) is 0 Å². The normalized spacial score (nSPS) is 35.7. The smallest absolute Gasteiger partial charge is 0.190 e. The van der Waals surface area contributed by atoms with Crippen LogP contribution in [0.3, 0.4) is 0 Å². The van der Waals surface area contributed by atoms with Crippen LogP contribution >= 0.6 is 0 Å². The third-order valence-electron chi connectivity index (χ3n) is 3.10. The summed E-state index contributed by atoms with van der Waals surface area (Å²) in [7, 11) is 0. The molecule has 0 aliphatic carbocycles. The van der Waals surface area contributed by atoms with Gasteiger partial charge in [0.25, 0.3) is 0 Å². The first-order valence-electron chi connectivity index (χ1n) is 5.02. The lowest BCUT2D eigenvalue weighted by molar-refractivity contribution is -0.243. The van der Waals surface area contributed by atoms with Gasteiger partial charge in [-0.2, -0.15) is 0 Å². The predicted molar refractivity (Wildman–Crippen MR) is 54.7 cm³/mol. The van der Waals surface area contributed by atoms with E-state index in [1.807, 2.05) is 31.2 Å². The Labute approximate surface area is 84.5 Å². The number of ether oxygens (including phenoxy) is 1. The van der Waals surface area contributed by atoms with Gasteiger partial charge in [-0.1, -0.05) is 31.2 Å². The van der Waals surface area contributed by atoms with E-state index in [1.165, 1.54) is 0 Å². The van der Waals surface area contributed by atoms with Gasteiger partial charge in [-0.05, 0) is 25.8 Å². The van der Waals surface area contributed by atoms with Crippen LogP contribution in [0, 0.1) is 0 Å². The fraction of sp³-hybridized carbons (Fsp3) is 0.500. The van der Waals surface area contributed by atoms with Crippen LogP contribution in [0.5, 0.6) is 0 Å². The van der Waals surface area contributed by atoms with Gasteiger partial charge in [-0.15, -0.1) is 0 Å². The second-order valence-electron chi connectivity index (χ2n) is 4.21. The van der Waals surface area contributed by atoms with Gasteiger partial charge in [0.1, 0.15) is 0 Å². The van der Waals surface area contributed by atoms with Crippen LogP contribution in [0.1, 0.15) is 38.3 Å². The third-order valence-corrected chi connectivity index (χ3v) is 3.10. The van der Waals surface area contributed by atoms with E-state index in [1.54, 1.807) is 6.92 Å². The highest BCUT2D eigenvalue weighted by atomic mass is 16.6. The molecule has 2 atom stereocenters. The number of fused-ring (bicyclic) bond motifs is 1. The highest BCUT2D eigenvalue weighted by molar-refractivity contribution is 5.38. The predicted octanol–water partition coefficient (Wildman–Crippen LogP) is 2.51. The Hall–Kier alpha value is -0.860. The van der Waals surface area contributed by atoms with Crippen LogP contribution in [0.2, 0.25) is 0 Å². The van der Waals surface area contributed by atoms with Crippen LogP contribution in [0.15, 0.2) is 24.3 Å². The van der Waals surface area contributed by atoms with Crippen LogP contribution in [0.25, 0.3) is 0 Å². The molecule has 0 spiro atoms. The molecule has 0 fully saturated rings. The maximum absolute atomic E-state index is 10.1.